The quantitative estimate of drug-likeness (QED) is 0.563. The first-order valence-electron chi connectivity index (χ1n) is 8.30. The fourth-order valence-electron chi connectivity index (χ4n) is 3.53. The topological polar surface area (TPSA) is 38.0 Å². The molecule has 5 rings (SSSR count). The fraction of sp³-hybridized carbons (Fsp3) is 0.150. The molecule has 0 unspecified atom stereocenters. The Kier molecular flexibility index (Phi) is 3.60. The molecule has 4 nitrogen and oxygen atoms in total. The van der Waals surface area contributed by atoms with E-state index >= 15 is 0 Å². The number of furan rings is 1. The van der Waals surface area contributed by atoms with Crippen molar-refractivity contribution in [1.82, 2.24) is 5.01 Å². The zero-order valence-electron chi connectivity index (χ0n) is 13.6. The number of fused-ring (bicyclic) bond motifs is 3. The van der Waals surface area contributed by atoms with Crippen molar-refractivity contribution in [3.8, 4) is 5.75 Å². The van der Waals surface area contributed by atoms with Gasteiger partial charge in [-0.1, -0.05) is 28.1 Å². The lowest BCUT2D eigenvalue weighted by atomic mass is 9.97. The summed E-state index contributed by atoms with van der Waals surface area (Å²) in [6.45, 7) is 0. The number of rotatable bonds is 2. The van der Waals surface area contributed by atoms with E-state index in [1.807, 2.05) is 35.3 Å². The summed E-state index contributed by atoms with van der Waals surface area (Å²) >= 11 is 3.53. The van der Waals surface area contributed by atoms with E-state index in [1.165, 1.54) is 12.1 Å². The van der Waals surface area contributed by atoms with Crippen LogP contribution in [0.2, 0.25) is 0 Å². The molecule has 0 aliphatic carbocycles. The van der Waals surface area contributed by atoms with Crippen LogP contribution in [0.5, 0.6) is 5.75 Å². The van der Waals surface area contributed by atoms with Crippen molar-refractivity contribution in [1.29, 1.82) is 0 Å². The van der Waals surface area contributed by atoms with Crippen molar-refractivity contribution in [3.63, 3.8) is 0 Å². The molecule has 2 aliphatic rings. The maximum absolute atomic E-state index is 13.8. The number of nitrogens with zero attached hydrogens (tertiary/aromatic N) is 2. The van der Waals surface area contributed by atoms with Crippen LogP contribution < -0.4 is 4.74 Å². The molecular weight excluding hydrogens is 399 g/mol. The van der Waals surface area contributed by atoms with E-state index < -0.39 is 6.23 Å². The van der Waals surface area contributed by atoms with Crippen LogP contribution in [0, 0.1) is 5.82 Å². The molecule has 0 N–H and O–H groups in total. The van der Waals surface area contributed by atoms with Gasteiger partial charge in [0.2, 0.25) is 6.23 Å². The Morgan fingerprint density at radius 1 is 1.12 bits per heavy atom. The molecule has 3 heterocycles. The van der Waals surface area contributed by atoms with E-state index in [0.29, 0.717) is 6.42 Å². The number of hydrogen-bond acceptors (Lipinski definition) is 4. The summed E-state index contributed by atoms with van der Waals surface area (Å²) in [5.41, 5.74) is 2.64. The van der Waals surface area contributed by atoms with Crippen molar-refractivity contribution >= 4 is 21.6 Å². The Bertz CT molecular complexity index is 1000. The van der Waals surface area contributed by atoms with Crippen molar-refractivity contribution in [3.05, 3.63) is 88.0 Å². The Balaban J connectivity index is 1.63. The monoisotopic (exact) mass is 412 g/mol. The molecule has 6 heteroatoms. The van der Waals surface area contributed by atoms with Gasteiger partial charge in [-0.3, -0.25) is 0 Å². The van der Waals surface area contributed by atoms with E-state index in [1.54, 1.807) is 12.3 Å². The third-order valence-electron chi connectivity index (χ3n) is 4.69. The summed E-state index contributed by atoms with van der Waals surface area (Å²) in [5.74, 6) is 1.24. The van der Waals surface area contributed by atoms with E-state index in [0.717, 1.165) is 32.8 Å². The number of hydrogen-bond donors (Lipinski definition) is 0. The number of benzene rings is 2. The van der Waals surface area contributed by atoms with Crippen LogP contribution in [0.1, 0.15) is 35.6 Å². The minimum Gasteiger partial charge on any atom is -0.464 e. The number of ether oxygens (including phenoxy) is 1. The highest BCUT2D eigenvalue weighted by Gasteiger charge is 2.41. The van der Waals surface area contributed by atoms with Crippen molar-refractivity contribution in [2.45, 2.75) is 18.7 Å². The maximum atomic E-state index is 13.8. The molecule has 26 heavy (non-hydrogen) atoms. The summed E-state index contributed by atoms with van der Waals surface area (Å²) < 4.78 is 26.5. The van der Waals surface area contributed by atoms with Crippen molar-refractivity contribution in [2.75, 3.05) is 0 Å². The van der Waals surface area contributed by atoms with Crippen LogP contribution in [0.4, 0.5) is 4.39 Å². The normalized spacial score (nSPS) is 21.0. The Morgan fingerprint density at radius 2 is 2.04 bits per heavy atom. The van der Waals surface area contributed by atoms with Gasteiger partial charge < -0.3 is 9.15 Å². The van der Waals surface area contributed by atoms with E-state index in [4.69, 9.17) is 14.3 Å². The van der Waals surface area contributed by atoms with Crippen LogP contribution in [0.3, 0.4) is 0 Å². The van der Waals surface area contributed by atoms with Gasteiger partial charge in [-0.2, -0.15) is 5.10 Å². The predicted octanol–water partition coefficient (Wildman–Crippen LogP) is 5.42. The molecule has 130 valence electrons. The van der Waals surface area contributed by atoms with Gasteiger partial charge in [0.25, 0.3) is 0 Å². The average Bonchev–Trinajstić information content (AvgIpc) is 3.31. The van der Waals surface area contributed by atoms with Gasteiger partial charge in [0.15, 0.2) is 0 Å². The summed E-state index contributed by atoms with van der Waals surface area (Å²) in [7, 11) is 0. The summed E-state index contributed by atoms with van der Waals surface area (Å²) in [4.78, 5) is 0. The van der Waals surface area contributed by atoms with Crippen LogP contribution in [-0.4, -0.2) is 10.7 Å². The zero-order valence-corrected chi connectivity index (χ0v) is 15.2. The lowest BCUT2D eigenvalue weighted by Gasteiger charge is -2.38. The highest BCUT2D eigenvalue weighted by Crippen LogP contribution is 2.48. The second kappa shape index (κ2) is 5.99. The second-order valence-corrected chi connectivity index (χ2v) is 7.25. The predicted molar refractivity (Wildman–Crippen MR) is 98.4 cm³/mol. The minimum atomic E-state index is -0.489. The molecule has 2 aliphatic heterocycles. The highest BCUT2D eigenvalue weighted by molar-refractivity contribution is 9.10. The summed E-state index contributed by atoms with van der Waals surface area (Å²) in [5, 5.41) is 6.67. The first kappa shape index (κ1) is 15.6. The van der Waals surface area contributed by atoms with E-state index in [9.17, 15) is 4.39 Å². The van der Waals surface area contributed by atoms with Gasteiger partial charge in [0.05, 0.1) is 12.3 Å². The first-order valence-corrected chi connectivity index (χ1v) is 9.09. The molecule has 0 saturated carbocycles. The second-order valence-electron chi connectivity index (χ2n) is 6.33. The lowest BCUT2D eigenvalue weighted by Crippen LogP contribution is -2.33. The number of hydrazone groups is 1. The highest BCUT2D eigenvalue weighted by atomic mass is 79.9. The summed E-state index contributed by atoms with van der Waals surface area (Å²) in [6.07, 6.45) is 1.85. The molecular formula is C20H14BrFN2O2. The molecule has 0 radical (unpaired) electrons. The Morgan fingerprint density at radius 3 is 2.85 bits per heavy atom. The lowest BCUT2D eigenvalue weighted by molar-refractivity contribution is -0.0192. The SMILES string of the molecule is Fc1cccc([C@@H]2Oc3ccc(Br)cc3[C@H]3CC(c4ccco4)=NN32)c1. The standard InChI is InChI=1S/C20H14BrFN2O2/c21-13-6-7-18-15(10-13)17-11-16(19-5-2-8-25-19)23-24(17)20(26-18)12-3-1-4-14(22)9-12/h1-10,17,20H,11H2/t17-,20+/m1/s1. The van der Waals surface area contributed by atoms with Crippen LogP contribution in [0.25, 0.3) is 0 Å². The molecule has 0 fully saturated rings. The minimum absolute atomic E-state index is 0.00428. The van der Waals surface area contributed by atoms with E-state index in [2.05, 4.69) is 22.0 Å². The van der Waals surface area contributed by atoms with Crippen LogP contribution in [0.15, 0.2) is 74.9 Å². The zero-order chi connectivity index (χ0) is 17.7. The smallest absolute Gasteiger partial charge is 0.213 e. The average molecular weight is 413 g/mol. The number of halogens is 2. The fourth-order valence-corrected chi connectivity index (χ4v) is 3.91. The summed E-state index contributed by atoms with van der Waals surface area (Å²) in [6, 6.07) is 16.1. The van der Waals surface area contributed by atoms with Gasteiger partial charge >= 0.3 is 0 Å². The van der Waals surface area contributed by atoms with E-state index in [-0.39, 0.29) is 11.9 Å². The van der Waals surface area contributed by atoms with Gasteiger partial charge in [-0.05, 0) is 42.5 Å². The van der Waals surface area contributed by atoms with Crippen LogP contribution >= 0.6 is 15.9 Å². The van der Waals surface area contributed by atoms with Gasteiger partial charge in [0.1, 0.15) is 23.0 Å². The van der Waals surface area contributed by atoms with Gasteiger partial charge in [0, 0.05) is 22.0 Å². The third kappa shape index (κ3) is 2.52. The molecule has 1 aromatic heterocycles. The molecule has 3 aromatic rings. The Labute approximate surface area is 158 Å². The molecule has 2 atom stereocenters. The molecule has 0 saturated heterocycles. The first-order chi connectivity index (χ1) is 12.7. The largest absolute Gasteiger partial charge is 0.464 e. The molecule has 0 bridgehead atoms. The van der Waals surface area contributed by atoms with Gasteiger partial charge in [-0.25, -0.2) is 9.40 Å². The van der Waals surface area contributed by atoms with Gasteiger partial charge in [-0.15, -0.1) is 0 Å². The van der Waals surface area contributed by atoms with Crippen molar-refractivity contribution < 1.29 is 13.5 Å². The molecule has 2 aromatic carbocycles. The van der Waals surface area contributed by atoms with Crippen LogP contribution in [-0.2, 0) is 0 Å². The third-order valence-corrected chi connectivity index (χ3v) is 5.18. The molecule has 0 amide bonds. The maximum Gasteiger partial charge on any atom is 0.213 e. The Hall–Kier alpha value is -2.60. The van der Waals surface area contributed by atoms with Crippen molar-refractivity contribution in [2.24, 2.45) is 5.10 Å². The molecule has 0 spiro atoms.